The van der Waals surface area contributed by atoms with Crippen LogP contribution in [-0.2, 0) is 10.0 Å². The van der Waals surface area contributed by atoms with Crippen molar-refractivity contribution >= 4 is 37.5 Å². The molecule has 8 heteroatoms. The number of nitrogens with two attached hydrogens (primary N) is 1. The van der Waals surface area contributed by atoms with E-state index in [1.165, 1.54) is 6.92 Å². The Bertz CT molecular complexity index is 542. The molecule has 0 unspecified atom stereocenters. The van der Waals surface area contributed by atoms with Crippen molar-refractivity contribution in [2.45, 2.75) is 6.92 Å². The van der Waals surface area contributed by atoms with Gasteiger partial charge in [-0.1, -0.05) is 21.1 Å². The van der Waals surface area contributed by atoms with Gasteiger partial charge in [-0.3, -0.25) is 4.72 Å². The Kier molecular flexibility index (Phi) is 4.35. The van der Waals surface area contributed by atoms with Gasteiger partial charge in [0.05, 0.1) is 11.4 Å². The van der Waals surface area contributed by atoms with Crippen LogP contribution in [0, 0.1) is 0 Å². The fraction of sp³-hybridized carbons (Fsp3) is 0.222. The van der Waals surface area contributed by atoms with Crippen molar-refractivity contribution < 1.29 is 13.6 Å². The Morgan fingerprint density at radius 1 is 1.59 bits per heavy atom. The number of halogens is 1. The second-order valence-electron chi connectivity index (χ2n) is 3.18. The molecule has 0 fully saturated rings. The van der Waals surface area contributed by atoms with Gasteiger partial charge in [0.1, 0.15) is 0 Å². The normalized spacial score (nSPS) is 12.5. The van der Waals surface area contributed by atoms with Gasteiger partial charge < -0.3 is 10.9 Å². The van der Waals surface area contributed by atoms with E-state index in [0.29, 0.717) is 10.0 Å². The number of sulfonamides is 1. The molecule has 94 valence electrons. The van der Waals surface area contributed by atoms with Crippen molar-refractivity contribution in [2.24, 2.45) is 10.9 Å². The van der Waals surface area contributed by atoms with E-state index in [1.807, 2.05) is 0 Å². The van der Waals surface area contributed by atoms with E-state index in [0.717, 1.165) is 0 Å². The van der Waals surface area contributed by atoms with Crippen LogP contribution < -0.4 is 10.5 Å². The van der Waals surface area contributed by atoms with E-state index in [9.17, 15) is 8.42 Å². The fourth-order valence-corrected chi connectivity index (χ4v) is 2.13. The quantitative estimate of drug-likeness (QED) is 0.336. The number of hydrogen-bond donors (Lipinski definition) is 3. The van der Waals surface area contributed by atoms with Gasteiger partial charge in [0.2, 0.25) is 10.0 Å². The first-order chi connectivity index (χ1) is 7.89. The molecule has 0 amide bonds. The van der Waals surface area contributed by atoms with Gasteiger partial charge in [0, 0.05) is 10.0 Å². The zero-order valence-electron chi connectivity index (χ0n) is 9.01. The largest absolute Gasteiger partial charge is 0.409 e. The van der Waals surface area contributed by atoms with Crippen LogP contribution >= 0.6 is 15.9 Å². The number of nitrogens with one attached hydrogen (secondary N) is 1. The summed E-state index contributed by atoms with van der Waals surface area (Å²) >= 11 is 3.22. The molecule has 0 saturated heterocycles. The van der Waals surface area contributed by atoms with E-state index >= 15 is 0 Å². The molecule has 0 radical (unpaired) electrons. The van der Waals surface area contributed by atoms with Crippen LogP contribution in [0.1, 0.15) is 12.5 Å². The van der Waals surface area contributed by atoms with Crippen molar-refractivity contribution in [3.05, 3.63) is 28.2 Å². The monoisotopic (exact) mass is 321 g/mol. The molecule has 0 atom stereocenters. The lowest BCUT2D eigenvalue weighted by Crippen LogP contribution is -2.20. The van der Waals surface area contributed by atoms with Crippen molar-refractivity contribution in [2.75, 3.05) is 10.5 Å². The van der Waals surface area contributed by atoms with Crippen LogP contribution in [0.4, 0.5) is 5.69 Å². The lowest BCUT2D eigenvalue weighted by molar-refractivity contribution is 0.318. The van der Waals surface area contributed by atoms with E-state index < -0.39 is 10.0 Å². The molecule has 0 aliphatic rings. The summed E-state index contributed by atoms with van der Waals surface area (Å²) in [6, 6.07) is 4.75. The molecule has 6 nitrogen and oxygen atoms in total. The molecule has 0 aliphatic carbocycles. The molecule has 17 heavy (non-hydrogen) atoms. The maximum atomic E-state index is 11.5. The maximum Gasteiger partial charge on any atom is 0.232 e. The first kappa shape index (κ1) is 13.8. The first-order valence-electron chi connectivity index (χ1n) is 4.67. The molecule has 0 aromatic heterocycles. The van der Waals surface area contributed by atoms with Crippen LogP contribution in [0.25, 0.3) is 0 Å². The molecule has 0 bridgehead atoms. The Labute approximate surface area is 108 Å². The number of amidine groups is 1. The third-order valence-electron chi connectivity index (χ3n) is 2.01. The summed E-state index contributed by atoms with van der Waals surface area (Å²) in [5, 5.41) is 11.5. The van der Waals surface area contributed by atoms with E-state index in [4.69, 9.17) is 10.9 Å². The highest BCUT2D eigenvalue weighted by Gasteiger charge is 2.13. The molecule has 1 aromatic carbocycles. The minimum Gasteiger partial charge on any atom is -0.409 e. The van der Waals surface area contributed by atoms with E-state index in [2.05, 4.69) is 25.8 Å². The van der Waals surface area contributed by atoms with Crippen molar-refractivity contribution in [1.82, 2.24) is 0 Å². The molecular formula is C9H12BrN3O3S. The predicted octanol–water partition coefficient (Wildman–Crippen LogP) is 1.31. The van der Waals surface area contributed by atoms with Crippen LogP contribution in [0.3, 0.4) is 0 Å². The van der Waals surface area contributed by atoms with Gasteiger partial charge >= 0.3 is 0 Å². The zero-order chi connectivity index (χ0) is 13.1. The number of benzene rings is 1. The smallest absolute Gasteiger partial charge is 0.232 e. The van der Waals surface area contributed by atoms with Gasteiger partial charge in [-0.25, -0.2) is 8.42 Å². The number of anilines is 1. The summed E-state index contributed by atoms with van der Waals surface area (Å²) < 4.78 is 26.0. The summed E-state index contributed by atoms with van der Waals surface area (Å²) in [7, 11) is -3.42. The van der Waals surface area contributed by atoms with E-state index in [-0.39, 0.29) is 17.3 Å². The summed E-state index contributed by atoms with van der Waals surface area (Å²) in [5.41, 5.74) is 6.03. The molecule has 1 aromatic rings. The second kappa shape index (κ2) is 5.37. The van der Waals surface area contributed by atoms with Crippen molar-refractivity contribution in [1.29, 1.82) is 0 Å². The van der Waals surface area contributed by atoms with Gasteiger partial charge in [-0.15, -0.1) is 0 Å². The molecule has 0 spiro atoms. The number of nitrogens with zero attached hydrogens (tertiary/aromatic N) is 1. The average Bonchev–Trinajstić information content (AvgIpc) is 2.28. The lowest BCUT2D eigenvalue weighted by Gasteiger charge is -2.11. The Morgan fingerprint density at radius 3 is 2.76 bits per heavy atom. The number of rotatable bonds is 4. The van der Waals surface area contributed by atoms with Gasteiger partial charge in [0.25, 0.3) is 0 Å². The molecule has 1 rings (SSSR count). The highest BCUT2D eigenvalue weighted by Crippen LogP contribution is 2.22. The molecule has 0 aliphatic heterocycles. The summed E-state index contributed by atoms with van der Waals surface area (Å²) in [6.07, 6.45) is 0. The molecule has 0 saturated carbocycles. The number of hydrogen-bond acceptors (Lipinski definition) is 4. The maximum absolute atomic E-state index is 11.5. The molecule has 0 heterocycles. The van der Waals surface area contributed by atoms with Gasteiger partial charge in [-0.2, -0.15) is 0 Å². The predicted molar refractivity (Wildman–Crippen MR) is 69.7 cm³/mol. The lowest BCUT2D eigenvalue weighted by atomic mass is 10.2. The summed E-state index contributed by atoms with van der Waals surface area (Å²) in [6.45, 7) is 1.52. The van der Waals surface area contributed by atoms with Gasteiger partial charge in [0.15, 0.2) is 5.84 Å². The van der Waals surface area contributed by atoms with Gasteiger partial charge in [-0.05, 0) is 25.1 Å². The Balaban J connectivity index is 3.26. The Hall–Kier alpha value is -1.28. The minimum atomic E-state index is -3.42. The minimum absolute atomic E-state index is 0.0604. The fourth-order valence-electron chi connectivity index (χ4n) is 1.12. The topological polar surface area (TPSA) is 105 Å². The second-order valence-corrected chi connectivity index (χ2v) is 6.11. The average molecular weight is 322 g/mol. The van der Waals surface area contributed by atoms with Crippen LogP contribution in [0.2, 0.25) is 0 Å². The van der Waals surface area contributed by atoms with Crippen LogP contribution in [-0.4, -0.2) is 25.2 Å². The Morgan fingerprint density at radius 2 is 2.24 bits per heavy atom. The standard InChI is InChI=1S/C9H12BrN3O3S/c1-2-17(15,16)13-8-5-6(10)3-4-7(8)9(11)12-14/h3-5,13-14H,2H2,1H3,(H2,11,12). The number of oxime groups is 1. The highest BCUT2D eigenvalue weighted by atomic mass is 79.9. The summed E-state index contributed by atoms with van der Waals surface area (Å²) in [4.78, 5) is 0. The van der Waals surface area contributed by atoms with Crippen molar-refractivity contribution in [3.63, 3.8) is 0 Å². The zero-order valence-corrected chi connectivity index (χ0v) is 11.4. The molecular weight excluding hydrogens is 310 g/mol. The summed E-state index contributed by atoms with van der Waals surface area (Å²) in [5.74, 6) is -0.221. The van der Waals surface area contributed by atoms with Crippen molar-refractivity contribution in [3.8, 4) is 0 Å². The van der Waals surface area contributed by atoms with E-state index in [1.54, 1.807) is 18.2 Å². The SMILES string of the molecule is CCS(=O)(=O)Nc1cc(Br)ccc1/C(N)=N/O. The molecule has 4 N–H and O–H groups in total. The highest BCUT2D eigenvalue weighted by molar-refractivity contribution is 9.10. The van der Waals surface area contributed by atoms with Crippen LogP contribution in [0.5, 0.6) is 0 Å². The third-order valence-corrected chi connectivity index (χ3v) is 3.80. The van der Waals surface area contributed by atoms with Crippen LogP contribution in [0.15, 0.2) is 27.8 Å². The third kappa shape index (κ3) is 3.60. The first-order valence-corrected chi connectivity index (χ1v) is 7.12.